The summed E-state index contributed by atoms with van der Waals surface area (Å²) in [5.41, 5.74) is 10.5. The highest BCUT2D eigenvalue weighted by Crippen LogP contribution is 2.44. The van der Waals surface area contributed by atoms with Crippen molar-refractivity contribution in [3.63, 3.8) is 0 Å². The van der Waals surface area contributed by atoms with Crippen molar-refractivity contribution in [3.8, 4) is 11.1 Å². The number of aliphatic hydroxyl groups excluding tert-OH is 1. The van der Waals surface area contributed by atoms with E-state index in [4.69, 9.17) is 4.74 Å². The van der Waals surface area contributed by atoms with Crippen LogP contribution in [0.15, 0.2) is 54.6 Å². The predicted octanol–water partition coefficient (Wildman–Crippen LogP) is 5.78. The molecule has 0 fully saturated rings. The van der Waals surface area contributed by atoms with E-state index in [0.29, 0.717) is 26.1 Å². The summed E-state index contributed by atoms with van der Waals surface area (Å²) in [5, 5.41) is 15.8. The fraction of sp³-hybridized carbons (Fsp3) is 0.367. The number of allylic oxidation sites excluding steroid dienone is 5. The van der Waals surface area contributed by atoms with Crippen molar-refractivity contribution in [2.45, 2.75) is 59.3 Å². The van der Waals surface area contributed by atoms with Crippen LogP contribution in [0.3, 0.4) is 0 Å². The molecule has 1 unspecified atom stereocenters. The monoisotopic (exact) mass is 472 g/mol. The summed E-state index contributed by atoms with van der Waals surface area (Å²) in [5.74, 6) is -0.0172. The van der Waals surface area contributed by atoms with E-state index in [0.717, 1.165) is 68.6 Å². The van der Waals surface area contributed by atoms with Crippen molar-refractivity contribution in [1.82, 2.24) is 5.32 Å². The average molecular weight is 473 g/mol. The Labute approximate surface area is 208 Å². The minimum Gasteiger partial charge on any atom is -0.396 e. The summed E-state index contributed by atoms with van der Waals surface area (Å²) < 4.78 is 6.01. The maximum atomic E-state index is 13.1. The summed E-state index contributed by atoms with van der Waals surface area (Å²) in [6, 6.07) is 8.61. The van der Waals surface area contributed by atoms with Gasteiger partial charge in [-0.3, -0.25) is 4.79 Å². The van der Waals surface area contributed by atoms with E-state index >= 15 is 0 Å². The molecule has 0 saturated carbocycles. The van der Waals surface area contributed by atoms with E-state index in [9.17, 15) is 9.90 Å². The van der Waals surface area contributed by atoms with Crippen LogP contribution >= 0.6 is 0 Å². The Morgan fingerprint density at radius 1 is 1.26 bits per heavy atom. The maximum Gasteiger partial charge on any atom is 0.252 e. The van der Waals surface area contributed by atoms with Gasteiger partial charge >= 0.3 is 0 Å². The van der Waals surface area contributed by atoms with Gasteiger partial charge in [-0.2, -0.15) is 0 Å². The molecule has 2 aromatic carbocycles. The molecule has 2 aliphatic rings. The van der Waals surface area contributed by atoms with Crippen molar-refractivity contribution in [3.05, 3.63) is 82.5 Å². The van der Waals surface area contributed by atoms with Gasteiger partial charge in [0.15, 0.2) is 0 Å². The first-order chi connectivity index (χ1) is 17.0. The van der Waals surface area contributed by atoms with Gasteiger partial charge in [0, 0.05) is 30.9 Å². The Hall–Kier alpha value is -3.15. The zero-order chi connectivity index (χ0) is 24.9. The van der Waals surface area contributed by atoms with E-state index in [1.165, 1.54) is 0 Å². The molecule has 184 valence electrons. The van der Waals surface area contributed by atoms with Crippen LogP contribution in [0.2, 0.25) is 0 Å². The fourth-order valence-corrected chi connectivity index (χ4v) is 4.88. The van der Waals surface area contributed by atoms with Gasteiger partial charge in [-0.15, -0.1) is 0 Å². The molecule has 1 amide bonds. The molecule has 3 N–H and O–H groups in total. The standard InChI is InChI=1S/C30H36N2O3/c1-5-9-23-21(7-3)15-22-16-24(26-17-32-30(34)29(26)28(22)23)25-14-20(18-35-19(4)6-2)10-11-27(25)31-12-8-13-33/h5,7,9-11,14,16,19,31,33H,3,6,8,12-13,15,17-18H2,1-2,4H3,(H,32,34)/b9-5-. The summed E-state index contributed by atoms with van der Waals surface area (Å²) in [7, 11) is 0. The van der Waals surface area contributed by atoms with E-state index in [1.807, 2.05) is 19.1 Å². The van der Waals surface area contributed by atoms with E-state index < -0.39 is 0 Å². The predicted molar refractivity (Wildman–Crippen MR) is 143 cm³/mol. The van der Waals surface area contributed by atoms with Crippen LogP contribution in [-0.2, 0) is 24.3 Å². The second-order valence-electron chi connectivity index (χ2n) is 9.23. The number of hydrogen-bond acceptors (Lipinski definition) is 4. The molecule has 35 heavy (non-hydrogen) atoms. The first-order valence-corrected chi connectivity index (χ1v) is 12.6. The van der Waals surface area contributed by atoms with Gasteiger partial charge in [-0.05, 0) is 90.3 Å². The number of carbonyl (C=O) groups excluding carboxylic acids is 1. The molecular weight excluding hydrogens is 436 g/mol. The highest BCUT2D eigenvalue weighted by Gasteiger charge is 2.33. The van der Waals surface area contributed by atoms with Gasteiger partial charge in [0.2, 0.25) is 0 Å². The lowest BCUT2D eigenvalue weighted by Crippen LogP contribution is -2.13. The first kappa shape index (κ1) is 25.0. The number of hydrogen-bond donors (Lipinski definition) is 3. The van der Waals surface area contributed by atoms with Gasteiger partial charge in [0.25, 0.3) is 5.91 Å². The minimum atomic E-state index is -0.0172. The summed E-state index contributed by atoms with van der Waals surface area (Å²) in [4.78, 5) is 13.1. The lowest BCUT2D eigenvalue weighted by atomic mass is 9.87. The molecule has 2 aromatic rings. The van der Waals surface area contributed by atoms with Gasteiger partial charge in [-0.1, -0.05) is 37.8 Å². The molecule has 1 aliphatic heterocycles. The number of rotatable bonds is 11. The summed E-state index contributed by atoms with van der Waals surface area (Å²) in [6.07, 6.45) is 8.60. The quantitative estimate of drug-likeness (QED) is 0.363. The van der Waals surface area contributed by atoms with Crippen molar-refractivity contribution < 1.29 is 14.6 Å². The van der Waals surface area contributed by atoms with Gasteiger partial charge in [0.05, 0.1) is 18.3 Å². The average Bonchev–Trinajstić information content (AvgIpc) is 3.42. The molecule has 5 nitrogen and oxygen atoms in total. The van der Waals surface area contributed by atoms with Crippen molar-refractivity contribution in [1.29, 1.82) is 0 Å². The summed E-state index contributed by atoms with van der Waals surface area (Å²) >= 11 is 0. The number of fused-ring (bicyclic) bond motifs is 3. The van der Waals surface area contributed by atoms with Crippen molar-refractivity contribution >= 4 is 17.2 Å². The smallest absolute Gasteiger partial charge is 0.252 e. The van der Waals surface area contributed by atoms with Gasteiger partial charge < -0.3 is 20.5 Å². The van der Waals surface area contributed by atoms with Crippen LogP contribution < -0.4 is 10.6 Å². The molecule has 5 heteroatoms. The third kappa shape index (κ3) is 4.97. The number of anilines is 1. The third-order valence-corrected chi connectivity index (χ3v) is 6.88. The first-order valence-electron chi connectivity index (χ1n) is 12.6. The molecule has 4 rings (SSSR count). The Kier molecular flexibility index (Phi) is 7.89. The van der Waals surface area contributed by atoms with Crippen molar-refractivity contribution in [2.75, 3.05) is 18.5 Å². The van der Waals surface area contributed by atoms with Crippen LogP contribution in [-0.4, -0.2) is 30.3 Å². The summed E-state index contributed by atoms with van der Waals surface area (Å²) in [6.45, 7) is 12.1. The number of amides is 1. The third-order valence-electron chi connectivity index (χ3n) is 6.88. The highest BCUT2D eigenvalue weighted by atomic mass is 16.5. The molecule has 1 aliphatic carbocycles. The number of carbonyl (C=O) groups is 1. The number of nitrogens with one attached hydrogen (secondary N) is 2. The zero-order valence-electron chi connectivity index (χ0n) is 21.0. The van der Waals surface area contributed by atoms with Crippen LogP contribution in [0.1, 0.15) is 66.2 Å². The molecule has 1 atom stereocenters. The maximum absolute atomic E-state index is 13.1. The second kappa shape index (κ2) is 11.1. The van der Waals surface area contributed by atoms with E-state index in [-0.39, 0.29) is 18.6 Å². The fourth-order valence-electron chi connectivity index (χ4n) is 4.88. The Bertz CT molecular complexity index is 1190. The van der Waals surface area contributed by atoms with Crippen LogP contribution in [0.5, 0.6) is 0 Å². The highest BCUT2D eigenvalue weighted by molar-refractivity contribution is 6.08. The minimum absolute atomic E-state index is 0.0172. The van der Waals surface area contributed by atoms with Crippen molar-refractivity contribution in [2.24, 2.45) is 0 Å². The number of aliphatic hydroxyl groups is 1. The Morgan fingerprint density at radius 3 is 2.80 bits per heavy atom. The largest absolute Gasteiger partial charge is 0.396 e. The SMILES string of the molecule is C=CC1=C(/C=C\C)c2c(cc(-c3cc(COC(C)CC)ccc3NCCCO)c3c2C(=O)NC3)C1. The van der Waals surface area contributed by atoms with Crippen LogP contribution in [0.4, 0.5) is 5.69 Å². The molecule has 0 aromatic heterocycles. The number of ether oxygens (including phenoxy) is 1. The normalized spacial score (nSPS) is 15.4. The molecule has 0 radical (unpaired) electrons. The van der Waals surface area contributed by atoms with Gasteiger partial charge in [0.1, 0.15) is 0 Å². The Morgan fingerprint density at radius 2 is 2.09 bits per heavy atom. The molecule has 0 bridgehead atoms. The molecule has 0 spiro atoms. The lowest BCUT2D eigenvalue weighted by molar-refractivity contribution is 0.0509. The number of benzene rings is 2. The van der Waals surface area contributed by atoms with E-state index in [2.05, 4.69) is 61.4 Å². The topological polar surface area (TPSA) is 70.6 Å². The van der Waals surface area contributed by atoms with Gasteiger partial charge in [-0.25, -0.2) is 0 Å². The van der Waals surface area contributed by atoms with Crippen LogP contribution in [0, 0.1) is 0 Å². The molecule has 0 saturated heterocycles. The zero-order valence-corrected chi connectivity index (χ0v) is 21.0. The molecular formula is C30H36N2O3. The Balaban J connectivity index is 1.85. The lowest BCUT2D eigenvalue weighted by Gasteiger charge is -2.19. The van der Waals surface area contributed by atoms with E-state index in [1.54, 1.807) is 0 Å². The second-order valence-corrected chi connectivity index (χ2v) is 9.23. The van der Waals surface area contributed by atoms with Crippen LogP contribution in [0.25, 0.3) is 16.7 Å². The molecule has 1 heterocycles.